The number of aromatic carboxylic acids is 1. The molecule has 1 amide bonds. The summed E-state index contributed by atoms with van der Waals surface area (Å²) in [5, 5.41) is 11.6. The summed E-state index contributed by atoms with van der Waals surface area (Å²) in [5.74, 6) is -1.11. The lowest BCUT2D eigenvalue weighted by Gasteiger charge is -2.21. The van der Waals surface area contributed by atoms with E-state index >= 15 is 0 Å². The number of carboxylic acids is 1. The monoisotopic (exact) mass is 280 g/mol. The van der Waals surface area contributed by atoms with E-state index < -0.39 is 17.7 Å². The topological polar surface area (TPSA) is 78.9 Å². The van der Waals surface area contributed by atoms with Crippen molar-refractivity contribution in [3.05, 3.63) is 23.8 Å². The first-order valence-electron chi connectivity index (χ1n) is 6.15. The van der Waals surface area contributed by atoms with E-state index in [1.165, 1.54) is 6.07 Å². The number of ether oxygens (including phenoxy) is 1. The molecule has 6 nitrogen and oxygen atoms in total. The lowest BCUT2D eigenvalue weighted by molar-refractivity contribution is 0.0636. The normalized spacial score (nSPS) is 10.8. The number of anilines is 2. The van der Waals surface area contributed by atoms with Crippen molar-refractivity contribution in [1.82, 2.24) is 0 Å². The van der Waals surface area contributed by atoms with Gasteiger partial charge in [0.25, 0.3) is 0 Å². The minimum absolute atomic E-state index is 0.0152. The summed E-state index contributed by atoms with van der Waals surface area (Å²) >= 11 is 0. The molecule has 0 unspecified atom stereocenters. The fourth-order valence-corrected chi connectivity index (χ4v) is 1.51. The minimum Gasteiger partial charge on any atom is -0.478 e. The average molecular weight is 280 g/mol. The third kappa shape index (κ3) is 4.46. The van der Waals surface area contributed by atoms with Crippen LogP contribution in [0.5, 0.6) is 0 Å². The van der Waals surface area contributed by atoms with Gasteiger partial charge in [0.2, 0.25) is 0 Å². The number of hydrogen-bond acceptors (Lipinski definition) is 4. The highest BCUT2D eigenvalue weighted by Gasteiger charge is 2.19. The molecule has 6 heteroatoms. The third-order valence-electron chi connectivity index (χ3n) is 2.39. The second-order valence-electron chi connectivity index (χ2n) is 5.56. The molecule has 110 valence electrons. The number of amides is 1. The Hall–Kier alpha value is -2.24. The Morgan fingerprint density at radius 1 is 1.25 bits per heavy atom. The highest BCUT2D eigenvalue weighted by Crippen LogP contribution is 2.23. The number of hydrogen-bond donors (Lipinski definition) is 2. The Bertz CT molecular complexity index is 518. The van der Waals surface area contributed by atoms with Gasteiger partial charge in [0.15, 0.2) is 0 Å². The van der Waals surface area contributed by atoms with Gasteiger partial charge in [-0.1, -0.05) is 0 Å². The highest BCUT2D eigenvalue weighted by molar-refractivity contribution is 5.99. The van der Waals surface area contributed by atoms with Crippen molar-refractivity contribution in [2.24, 2.45) is 0 Å². The number of nitrogens with zero attached hydrogens (tertiary/aromatic N) is 1. The van der Waals surface area contributed by atoms with Gasteiger partial charge in [-0.15, -0.1) is 0 Å². The Labute approximate surface area is 118 Å². The maximum atomic E-state index is 11.7. The summed E-state index contributed by atoms with van der Waals surface area (Å²) in [5.41, 5.74) is 0.354. The summed E-state index contributed by atoms with van der Waals surface area (Å²) in [6, 6.07) is 4.71. The van der Waals surface area contributed by atoms with Crippen LogP contribution in [0.2, 0.25) is 0 Å². The fourth-order valence-electron chi connectivity index (χ4n) is 1.51. The van der Waals surface area contributed by atoms with E-state index in [-0.39, 0.29) is 11.3 Å². The first kappa shape index (κ1) is 15.8. The van der Waals surface area contributed by atoms with Crippen molar-refractivity contribution < 1.29 is 19.4 Å². The van der Waals surface area contributed by atoms with Crippen LogP contribution < -0.4 is 10.2 Å². The number of nitrogens with one attached hydrogen (secondary N) is 1. The fraction of sp³-hybridized carbons (Fsp3) is 0.429. The standard InChI is InChI=1S/C14H20N2O4/c1-14(2,3)20-13(19)15-11-8-9(16(4)5)6-7-10(11)12(17)18/h6-8H,1-5H3,(H,15,19)(H,17,18). The van der Waals surface area contributed by atoms with Crippen molar-refractivity contribution in [2.45, 2.75) is 26.4 Å². The smallest absolute Gasteiger partial charge is 0.412 e. The van der Waals surface area contributed by atoms with E-state index in [1.54, 1.807) is 32.9 Å². The number of rotatable bonds is 3. The number of benzene rings is 1. The average Bonchev–Trinajstić information content (AvgIpc) is 2.25. The molecule has 0 fully saturated rings. The van der Waals surface area contributed by atoms with Gasteiger partial charge in [0.05, 0.1) is 11.3 Å². The van der Waals surface area contributed by atoms with Crippen molar-refractivity contribution in [3.8, 4) is 0 Å². The first-order chi connectivity index (χ1) is 9.10. The van der Waals surface area contributed by atoms with Gasteiger partial charge in [-0.05, 0) is 39.0 Å². The van der Waals surface area contributed by atoms with Crippen LogP contribution in [0.4, 0.5) is 16.2 Å². The van der Waals surface area contributed by atoms with Crippen LogP contribution in [-0.4, -0.2) is 36.9 Å². The molecule has 0 bridgehead atoms. The summed E-state index contributed by atoms with van der Waals surface area (Å²) in [4.78, 5) is 24.7. The number of carbonyl (C=O) groups excluding carboxylic acids is 1. The lowest BCUT2D eigenvalue weighted by Crippen LogP contribution is -2.27. The molecule has 0 aliphatic rings. The lowest BCUT2D eigenvalue weighted by atomic mass is 10.1. The SMILES string of the molecule is CN(C)c1ccc(C(=O)O)c(NC(=O)OC(C)(C)C)c1. The van der Waals surface area contributed by atoms with Gasteiger partial charge in [-0.25, -0.2) is 9.59 Å². The highest BCUT2D eigenvalue weighted by atomic mass is 16.6. The first-order valence-corrected chi connectivity index (χ1v) is 6.15. The zero-order chi connectivity index (χ0) is 15.5. The van der Waals surface area contributed by atoms with E-state index in [1.807, 2.05) is 19.0 Å². The van der Waals surface area contributed by atoms with Crippen molar-refractivity contribution in [1.29, 1.82) is 0 Å². The molecule has 1 aromatic rings. The van der Waals surface area contributed by atoms with Gasteiger partial charge in [-0.3, -0.25) is 5.32 Å². The van der Waals surface area contributed by atoms with Gasteiger partial charge >= 0.3 is 12.1 Å². The molecule has 2 N–H and O–H groups in total. The van der Waals surface area contributed by atoms with E-state index in [0.717, 1.165) is 5.69 Å². The Morgan fingerprint density at radius 3 is 2.30 bits per heavy atom. The predicted octanol–water partition coefficient (Wildman–Crippen LogP) is 2.80. The second-order valence-corrected chi connectivity index (χ2v) is 5.56. The molecule has 0 saturated heterocycles. The van der Waals surface area contributed by atoms with E-state index in [2.05, 4.69) is 5.32 Å². The van der Waals surface area contributed by atoms with Gasteiger partial charge < -0.3 is 14.7 Å². The van der Waals surface area contributed by atoms with Gasteiger partial charge in [0.1, 0.15) is 5.60 Å². The quantitative estimate of drug-likeness (QED) is 0.890. The molecule has 0 atom stereocenters. The molecule has 1 aromatic carbocycles. The number of carbonyl (C=O) groups is 2. The predicted molar refractivity (Wildman–Crippen MR) is 77.6 cm³/mol. The molecule has 0 radical (unpaired) electrons. The molecule has 0 aliphatic carbocycles. The van der Waals surface area contributed by atoms with E-state index in [9.17, 15) is 9.59 Å². The molecule has 1 rings (SSSR count). The Kier molecular flexibility index (Phi) is 4.60. The summed E-state index contributed by atoms with van der Waals surface area (Å²) < 4.78 is 5.12. The molecule has 0 aromatic heterocycles. The maximum Gasteiger partial charge on any atom is 0.412 e. The van der Waals surface area contributed by atoms with Crippen LogP contribution in [0.3, 0.4) is 0 Å². The van der Waals surface area contributed by atoms with Crippen LogP contribution in [0.15, 0.2) is 18.2 Å². The van der Waals surface area contributed by atoms with Crippen LogP contribution >= 0.6 is 0 Å². The van der Waals surface area contributed by atoms with Crippen LogP contribution in [0.25, 0.3) is 0 Å². The third-order valence-corrected chi connectivity index (χ3v) is 2.39. The van der Waals surface area contributed by atoms with Gasteiger partial charge in [0, 0.05) is 19.8 Å². The molecule has 0 spiro atoms. The van der Waals surface area contributed by atoms with Crippen LogP contribution in [0, 0.1) is 0 Å². The van der Waals surface area contributed by atoms with Crippen LogP contribution in [-0.2, 0) is 4.74 Å². The van der Waals surface area contributed by atoms with Crippen molar-refractivity contribution in [3.63, 3.8) is 0 Å². The largest absolute Gasteiger partial charge is 0.478 e. The van der Waals surface area contributed by atoms with Crippen molar-refractivity contribution >= 4 is 23.4 Å². The zero-order valence-corrected chi connectivity index (χ0v) is 12.4. The van der Waals surface area contributed by atoms with E-state index in [0.29, 0.717) is 0 Å². The summed E-state index contributed by atoms with van der Waals surface area (Å²) in [6.45, 7) is 5.21. The number of carboxylic acid groups (broad SMARTS) is 1. The van der Waals surface area contributed by atoms with Crippen LogP contribution in [0.1, 0.15) is 31.1 Å². The second kappa shape index (κ2) is 5.81. The Balaban J connectivity index is 3.04. The zero-order valence-electron chi connectivity index (χ0n) is 12.4. The summed E-state index contributed by atoms with van der Waals surface area (Å²) in [6.07, 6.45) is -0.684. The minimum atomic E-state index is -1.11. The molecular formula is C14H20N2O4. The maximum absolute atomic E-state index is 11.7. The molecular weight excluding hydrogens is 260 g/mol. The Morgan fingerprint density at radius 2 is 1.85 bits per heavy atom. The van der Waals surface area contributed by atoms with Crippen molar-refractivity contribution in [2.75, 3.05) is 24.3 Å². The van der Waals surface area contributed by atoms with Gasteiger partial charge in [-0.2, -0.15) is 0 Å². The summed E-state index contributed by atoms with van der Waals surface area (Å²) in [7, 11) is 3.65. The molecule has 20 heavy (non-hydrogen) atoms. The molecule has 0 heterocycles. The molecule has 0 aliphatic heterocycles. The molecule has 0 saturated carbocycles. The van der Waals surface area contributed by atoms with E-state index in [4.69, 9.17) is 9.84 Å².